The van der Waals surface area contributed by atoms with Gasteiger partial charge in [0, 0.05) is 25.0 Å². The van der Waals surface area contributed by atoms with E-state index in [-0.39, 0.29) is 36.0 Å². The Balaban J connectivity index is 0.000000878. The lowest BCUT2D eigenvalue weighted by Crippen LogP contribution is -2.46. The van der Waals surface area contributed by atoms with E-state index in [1.54, 1.807) is 31.2 Å². The van der Waals surface area contributed by atoms with Gasteiger partial charge in [-0.3, -0.25) is 4.79 Å². The van der Waals surface area contributed by atoms with Gasteiger partial charge in [-0.1, -0.05) is 18.2 Å². The molecule has 1 aromatic rings. The van der Waals surface area contributed by atoms with Crippen molar-refractivity contribution >= 4 is 17.6 Å². The highest BCUT2D eigenvalue weighted by Crippen LogP contribution is 2.51. The molecule has 0 radical (unpaired) electrons. The van der Waals surface area contributed by atoms with Crippen LogP contribution in [0.3, 0.4) is 0 Å². The topological polar surface area (TPSA) is 144 Å². The standard InChI is InChI=1S/C17H15N3O5.C2H6O/c1-23-8-12-10(7-18)17(13(14(19)25-12)15(21)24-2)9-5-3-4-6-11(9)20-16(17)22;1-2-3/h3-6H,8,19H2,1-2H3,(H,20,22);3H,2H2,1H3. The van der Waals surface area contributed by atoms with Crippen molar-refractivity contribution in [2.24, 2.45) is 5.73 Å². The zero-order chi connectivity index (χ0) is 20.9. The number of aliphatic hydroxyl groups excluding tert-OH is 1. The number of para-hydroxylation sites is 1. The van der Waals surface area contributed by atoms with Crippen molar-refractivity contribution in [1.82, 2.24) is 0 Å². The number of nitriles is 1. The first kappa shape index (κ1) is 21.0. The van der Waals surface area contributed by atoms with Crippen molar-refractivity contribution in [3.8, 4) is 6.07 Å². The van der Waals surface area contributed by atoms with Crippen LogP contribution in [-0.2, 0) is 29.2 Å². The normalized spacial score (nSPS) is 19.9. The molecule has 0 saturated heterocycles. The Morgan fingerprint density at radius 1 is 1.39 bits per heavy atom. The minimum atomic E-state index is -1.74. The Bertz CT molecular complexity index is 899. The van der Waals surface area contributed by atoms with E-state index < -0.39 is 17.3 Å². The fourth-order valence-corrected chi connectivity index (χ4v) is 3.24. The molecule has 4 N–H and O–H groups in total. The third-order valence-electron chi connectivity index (χ3n) is 4.21. The molecule has 1 amide bonds. The zero-order valence-corrected chi connectivity index (χ0v) is 15.7. The minimum Gasteiger partial charge on any atom is -0.465 e. The molecule has 0 aliphatic carbocycles. The van der Waals surface area contributed by atoms with Crippen LogP contribution >= 0.6 is 0 Å². The number of methoxy groups -OCH3 is 2. The summed E-state index contributed by atoms with van der Waals surface area (Å²) in [7, 11) is 2.58. The molecule has 1 aromatic carbocycles. The number of aliphatic hydroxyl groups is 1. The maximum Gasteiger partial charge on any atom is 0.341 e. The van der Waals surface area contributed by atoms with Crippen LogP contribution in [0.15, 0.2) is 47.1 Å². The summed E-state index contributed by atoms with van der Waals surface area (Å²) in [5, 5.41) is 20.0. The summed E-state index contributed by atoms with van der Waals surface area (Å²) in [5.41, 5.74) is 4.82. The van der Waals surface area contributed by atoms with E-state index in [4.69, 9.17) is 25.1 Å². The average molecular weight is 387 g/mol. The van der Waals surface area contributed by atoms with Gasteiger partial charge in [0.1, 0.15) is 24.0 Å². The Morgan fingerprint density at radius 2 is 2.04 bits per heavy atom. The van der Waals surface area contributed by atoms with Crippen molar-refractivity contribution in [1.29, 1.82) is 5.26 Å². The van der Waals surface area contributed by atoms with Gasteiger partial charge >= 0.3 is 5.97 Å². The fraction of sp³-hybridized carbons (Fsp3) is 0.316. The van der Waals surface area contributed by atoms with Crippen LogP contribution in [-0.4, -0.2) is 44.4 Å². The summed E-state index contributed by atoms with van der Waals surface area (Å²) in [5.74, 6) is -1.66. The monoisotopic (exact) mass is 387 g/mol. The van der Waals surface area contributed by atoms with Gasteiger partial charge in [-0.2, -0.15) is 5.26 Å². The van der Waals surface area contributed by atoms with E-state index >= 15 is 0 Å². The van der Waals surface area contributed by atoms with Crippen LogP contribution in [0, 0.1) is 11.3 Å². The maximum absolute atomic E-state index is 13.0. The Kier molecular flexibility index (Phi) is 6.41. The third kappa shape index (κ3) is 3.09. The second-order valence-corrected chi connectivity index (χ2v) is 5.74. The predicted octanol–water partition coefficient (Wildman–Crippen LogP) is 0.673. The number of carbonyl (C=O) groups is 2. The van der Waals surface area contributed by atoms with Crippen LogP contribution in [0.5, 0.6) is 0 Å². The van der Waals surface area contributed by atoms with Gasteiger partial charge in [0.2, 0.25) is 11.8 Å². The Morgan fingerprint density at radius 3 is 2.61 bits per heavy atom. The fourth-order valence-electron chi connectivity index (χ4n) is 3.24. The van der Waals surface area contributed by atoms with Crippen LogP contribution in [0.2, 0.25) is 0 Å². The van der Waals surface area contributed by atoms with Crippen LogP contribution in [0.4, 0.5) is 5.69 Å². The molecule has 3 rings (SSSR count). The molecule has 0 fully saturated rings. The molecular weight excluding hydrogens is 366 g/mol. The van der Waals surface area contributed by atoms with Gasteiger partial charge in [-0.05, 0) is 13.0 Å². The Labute approximate surface area is 162 Å². The third-order valence-corrected chi connectivity index (χ3v) is 4.21. The number of esters is 1. The minimum absolute atomic E-state index is 0.0635. The highest BCUT2D eigenvalue weighted by molar-refractivity contribution is 6.17. The molecule has 9 nitrogen and oxygen atoms in total. The van der Waals surface area contributed by atoms with Crippen LogP contribution in [0.1, 0.15) is 12.5 Å². The number of nitrogens with zero attached hydrogens (tertiary/aromatic N) is 1. The number of fused-ring (bicyclic) bond motifs is 2. The summed E-state index contributed by atoms with van der Waals surface area (Å²) in [6, 6.07) is 8.74. The maximum atomic E-state index is 13.0. The highest BCUT2D eigenvalue weighted by atomic mass is 16.5. The number of rotatable bonds is 3. The number of hydrogen-bond acceptors (Lipinski definition) is 8. The summed E-state index contributed by atoms with van der Waals surface area (Å²) >= 11 is 0. The first-order chi connectivity index (χ1) is 13.4. The number of carbonyl (C=O) groups excluding carboxylic acids is 2. The highest BCUT2D eigenvalue weighted by Gasteiger charge is 2.60. The van der Waals surface area contributed by atoms with Gasteiger partial charge in [-0.15, -0.1) is 0 Å². The second kappa shape index (κ2) is 8.56. The molecule has 0 aromatic heterocycles. The number of nitrogens with one attached hydrogen (secondary N) is 1. The SMILES string of the molecule is CCO.COCC1=C(C#N)C2(C(=O)Nc3ccccc32)C(C(=O)OC)=C(N)O1. The molecular formula is C19H21N3O6. The summed E-state index contributed by atoms with van der Waals surface area (Å²) in [6.07, 6.45) is 0. The lowest BCUT2D eigenvalue weighted by Gasteiger charge is -2.34. The number of amides is 1. The summed E-state index contributed by atoms with van der Waals surface area (Å²) < 4.78 is 15.3. The molecule has 1 spiro atoms. The number of ether oxygens (including phenoxy) is 3. The average Bonchev–Trinajstić information content (AvgIpc) is 2.95. The Hall–Kier alpha value is -3.35. The quantitative estimate of drug-likeness (QED) is 0.642. The molecule has 0 bridgehead atoms. The van der Waals surface area contributed by atoms with E-state index in [1.807, 2.05) is 6.07 Å². The van der Waals surface area contributed by atoms with E-state index in [0.29, 0.717) is 11.3 Å². The van der Waals surface area contributed by atoms with E-state index in [0.717, 1.165) is 7.11 Å². The summed E-state index contributed by atoms with van der Waals surface area (Å²) in [6.45, 7) is 1.84. The lowest BCUT2D eigenvalue weighted by molar-refractivity contribution is -0.138. The molecule has 1 unspecified atom stereocenters. The molecule has 2 aliphatic heterocycles. The second-order valence-electron chi connectivity index (χ2n) is 5.74. The van der Waals surface area contributed by atoms with Crippen molar-refractivity contribution in [3.05, 3.63) is 52.6 Å². The van der Waals surface area contributed by atoms with Gasteiger partial charge in [0.15, 0.2) is 5.41 Å². The molecule has 1 atom stereocenters. The van der Waals surface area contributed by atoms with Crippen molar-refractivity contribution in [2.45, 2.75) is 12.3 Å². The van der Waals surface area contributed by atoms with Gasteiger partial charge in [0.25, 0.3) is 0 Å². The smallest absolute Gasteiger partial charge is 0.341 e. The van der Waals surface area contributed by atoms with E-state index in [9.17, 15) is 14.9 Å². The molecule has 2 aliphatic rings. The molecule has 2 heterocycles. The lowest BCUT2D eigenvalue weighted by atomic mass is 9.68. The van der Waals surface area contributed by atoms with Gasteiger partial charge in [-0.25, -0.2) is 4.79 Å². The molecule has 28 heavy (non-hydrogen) atoms. The summed E-state index contributed by atoms with van der Waals surface area (Å²) in [4.78, 5) is 25.4. The van der Waals surface area contributed by atoms with E-state index in [2.05, 4.69) is 5.32 Å². The van der Waals surface area contributed by atoms with Gasteiger partial charge in [0.05, 0.1) is 12.7 Å². The number of nitrogens with two attached hydrogens (primary N) is 1. The van der Waals surface area contributed by atoms with Crippen molar-refractivity contribution < 1.29 is 28.9 Å². The largest absolute Gasteiger partial charge is 0.465 e. The molecule has 9 heteroatoms. The predicted molar refractivity (Wildman–Crippen MR) is 98.3 cm³/mol. The molecule has 0 saturated carbocycles. The zero-order valence-electron chi connectivity index (χ0n) is 15.7. The first-order valence-electron chi connectivity index (χ1n) is 8.34. The van der Waals surface area contributed by atoms with Crippen LogP contribution in [0.25, 0.3) is 0 Å². The van der Waals surface area contributed by atoms with Crippen LogP contribution < -0.4 is 11.1 Å². The molecule has 148 valence electrons. The number of benzene rings is 1. The van der Waals surface area contributed by atoms with Crippen molar-refractivity contribution in [2.75, 3.05) is 32.8 Å². The number of anilines is 1. The number of hydrogen-bond donors (Lipinski definition) is 3. The van der Waals surface area contributed by atoms with Crippen molar-refractivity contribution in [3.63, 3.8) is 0 Å². The van der Waals surface area contributed by atoms with E-state index in [1.165, 1.54) is 7.11 Å². The van der Waals surface area contributed by atoms with Gasteiger partial charge < -0.3 is 30.4 Å². The first-order valence-corrected chi connectivity index (χ1v) is 8.34.